The smallest absolute Gasteiger partial charge is 0.337 e. The summed E-state index contributed by atoms with van der Waals surface area (Å²) in [6.07, 6.45) is 0. The molecule has 1 aromatic rings. The van der Waals surface area contributed by atoms with Gasteiger partial charge in [0.05, 0.1) is 16.2 Å². The molecule has 2 N–H and O–H groups in total. The van der Waals surface area contributed by atoms with Gasteiger partial charge in [0.15, 0.2) is 0 Å². The van der Waals surface area contributed by atoms with Gasteiger partial charge >= 0.3 is 5.97 Å². The van der Waals surface area contributed by atoms with Gasteiger partial charge in [-0.25, -0.2) is 4.79 Å². The number of aromatic carboxylic acids is 1. The molecule has 98 valence electrons. The Bertz CT molecular complexity index is 471. The third-order valence-corrected chi connectivity index (χ3v) is 2.83. The van der Waals surface area contributed by atoms with E-state index in [1.165, 1.54) is 18.2 Å². The second kappa shape index (κ2) is 5.48. The van der Waals surface area contributed by atoms with Gasteiger partial charge in [0.25, 0.3) is 5.69 Å². The van der Waals surface area contributed by atoms with Gasteiger partial charge in [-0.05, 0) is 18.9 Å². The Balaban J connectivity index is 3.15. The van der Waals surface area contributed by atoms with Crippen LogP contribution in [0.2, 0.25) is 0 Å². The molecule has 0 spiro atoms. The number of hydrogen-bond donors (Lipinski definition) is 2. The number of carboxylic acid groups (broad SMARTS) is 1. The fourth-order valence-corrected chi connectivity index (χ4v) is 1.36. The molecule has 18 heavy (non-hydrogen) atoms. The molecular weight excluding hydrogens is 236 g/mol. The molecule has 0 aliphatic rings. The van der Waals surface area contributed by atoms with Crippen molar-refractivity contribution in [2.75, 3.05) is 5.32 Å². The Morgan fingerprint density at radius 3 is 2.44 bits per heavy atom. The van der Waals surface area contributed by atoms with Crippen molar-refractivity contribution in [1.29, 1.82) is 0 Å². The minimum atomic E-state index is -1.11. The molecule has 0 saturated heterocycles. The van der Waals surface area contributed by atoms with E-state index in [0.717, 1.165) is 0 Å². The molecule has 1 aromatic carbocycles. The van der Waals surface area contributed by atoms with Gasteiger partial charge in [0, 0.05) is 18.2 Å². The van der Waals surface area contributed by atoms with Crippen LogP contribution in [0.5, 0.6) is 0 Å². The van der Waals surface area contributed by atoms with Crippen LogP contribution in [0.15, 0.2) is 18.2 Å². The van der Waals surface area contributed by atoms with Gasteiger partial charge in [-0.1, -0.05) is 13.8 Å². The normalized spacial score (nSPS) is 12.2. The Kier molecular flexibility index (Phi) is 4.25. The van der Waals surface area contributed by atoms with Crippen molar-refractivity contribution in [3.05, 3.63) is 33.9 Å². The average Bonchev–Trinajstić information content (AvgIpc) is 2.28. The number of carbonyl (C=O) groups is 1. The molecule has 0 radical (unpaired) electrons. The van der Waals surface area contributed by atoms with Crippen LogP contribution in [0.1, 0.15) is 31.1 Å². The Morgan fingerprint density at radius 2 is 2.00 bits per heavy atom. The topological polar surface area (TPSA) is 92.5 Å². The molecule has 0 saturated carbocycles. The van der Waals surface area contributed by atoms with Gasteiger partial charge in [-0.2, -0.15) is 0 Å². The third-order valence-electron chi connectivity index (χ3n) is 2.83. The van der Waals surface area contributed by atoms with E-state index in [1.54, 1.807) is 0 Å². The van der Waals surface area contributed by atoms with Gasteiger partial charge in [-0.15, -0.1) is 0 Å². The van der Waals surface area contributed by atoms with Crippen LogP contribution in [0, 0.1) is 16.0 Å². The van der Waals surface area contributed by atoms with Gasteiger partial charge in [-0.3, -0.25) is 10.1 Å². The molecular formula is C12H16N2O4. The van der Waals surface area contributed by atoms with Crippen LogP contribution in [0.3, 0.4) is 0 Å². The first-order chi connectivity index (χ1) is 8.32. The fraction of sp³-hybridized carbons (Fsp3) is 0.417. The van der Waals surface area contributed by atoms with Gasteiger partial charge in [0.1, 0.15) is 0 Å². The number of hydrogen-bond acceptors (Lipinski definition) is 4. The lowest BCUT2D eigenvalue weighted by Gasteiger charge is -2.19. The van der Waals surface area contributed by atoms with Crippen LogP contribution in [0.4, 0.5) is 11.4 Å². The maximum atomic E-state index is 11.0. The second-order valence-corrected chi connectivity index (χ2v) is 4.47. The zero-order valence-corrected chi connectivity index (χ0v) is 10.5. The van der Waals surface area contributed by atoms with Crippen LogP contribution < -0.4 is 5.32 Å². The molecule has 0 bridgehead atoms. The predicted molar refractivity (Wildman–Crippen MR) is 68.0 cm³/mol. The SMILES string of the molecule is CC(C)C(C)Nc1cc([N+](=O)[O-])ccc1C(=O)O. The van der Waals surface area contributed by atoms with E-state index in [9.17, 15) is 14.9 Å². The summed E-state index contributed by atoms with van der Waals surface area (Å²) in [5, 5.41) is 22.7. The van der Waals surface area contributed by atoms with E-state index in [4.69, 9.17) is 5.11 Å². The highest BCUT2D eigenvalue weighted by Gasteiger charge is 2.17. The molecule has 1 unspecified atom stereocenters. The molecule has 0 aliphatic carbocycles. The lowest BCUT2D eigenvalue weighted by molar-refractivity contribution is -0.384. The number of nitrogens with zero attached hydrogens (tertiary/aromatic N) is 1. The highest BCUT2D eigenvalue weighted by atomic mass is 16.6. The molecule has 0 fully saturated rings. The van der Waals surface area contributed by atoms with E-state index in [1.807, 2.05) is 20.8 Å². The predicted octanol–water partition coefficient (Wildman–Crippen LogP) is 2.75. The first-order valence-electron chi connectivity index (χ1n) is 5.61. The first-order valence-corrected chi connectivity index (χ1v) is 5.61. The number of nitro benzene ring substituents is 1. The summed E-state index contributed by atoms with van der Waals surface area (Å²) in [6.45, 7) is 5.86. The van der Waals surface area contributed by atoms with Crippen LogP contribution in [0.25, 0.3) is 0 Å². The molecule has 1 rings (SSSR count). The molecule has 1 atom stereocenters. The van der Waals surface area contributed by atoms with E-state index in [2.05, 4.69) is 5.32 Å². The zero-order chi connectivity index (χ0) is 13.9. The van der Waals surface area contributed by atoms with Crippen LogP contribution in [-0.4, -0.2) is 22.0 Å². The maximum Gasteiger partial charge on any atom is 0.337 e. The lowest BCUT2D eigenvalue weighted by Crippen LogP contribution is -2.23. The summed E-state index contributed by atoms with van der Waals surface area (Å²) in [4.78, 5) is 21.2. The molecule has 6 heteroatoms. The Labute approximate surface area is 105 Å². The number of anilines is 1. The summed E-state index contributed by atoms with van der Waals surface area (Å²) in [5.74, 6) is -0.825. The van der Waals surface area contributed by atoms with Crippen molar-refractivity contribution in [3.63, 3.8) is 0 Å². The zero-order valence-electron chi connectivity index (χ0n) is 10.5. The van der Waals surface area contributed by atoms with E-state index in [-0.39, 0.29) is 28.9 Å². The Morgan fingerprint density at radius 1 is 1.39 bits per heavy atom. The van der Waals surface area contributed by atoms with Crippen molar-refractivity contribution in [3.8, 4) is 0 Å². The number of non-ortho nitro benzene ring substituents is 1. The van der Waals surface area contributed by atoms with Crippen molar-refractivity contribution >= 4 is 17.3 Å². The lowest BCUT2D eigenvalue weighted by atomic mass is 10.0. The average molecular weight is 252 g/mol. The molecule has 0 aliphatic heterocycles. The van der Waals surface area contributed by atoms with E-state index >= 15 is 0 Å². The largest absolute Gasteiger partial charge is 0.478 e. The molecule has 0 amide bonds. The van der Waals surface area contributed by atoms with Crippen molar-refractivity contribution in [2.45, 2.75) is 26.8 Å². The number of carboxylic acids is 1. The highest BCUT2D eigenvalue weighted by Crippen LogP contribution is 2.24. The summed E-state index contributed by atoms with van der Waals surface area (Å²) < 4.78 is 0. The van der Waals surface area contributed by atoms with Crippen LogP contribution >= 0.6 is 0 Å². The van der Waals surface area contributed by atoms with Crippen molar-refractivity contribution < 1.29 is 14.8 Å². The molecule has 0 aromatic heterocycles. The van der Waals surface area contributed by atoms with E-state index < -0.39 is 10.9 Å². The number of nitro groups is 1. The molecule has 6 nitrogen and oxygen atoms in total. The Hall–Kier alpha value is -2.11. The summed E-state index contributed by atoms with van der Waals surface area (Å²) >= 11 is 0. The van der Waals surface area contributed by atoms with Crippen LogP contribution in [-0.2, 0) is 0 Å². The number of benzene rings is 1. The highest BCUT2D eigenvalue weighted by molar-refractivity contribution is 5.94. The van der Waals surface area contributed by atoms with Crippen molar-refractivity contribution in [2.24, 2.45) is 5.92 Å². The fourth-order valence-electron chi connectivity index (χ4n) is 1.36. The minimum absolute atomic E-state index is 0.0186. The monoisotopic (exact) mass is 252 g/mol. The summed E-state index contributed by atoms with van der Waals surface area (Å²) in [6, 6.07) is 3.71. The maximum absolute atomic E-state index is 11.0. The summed E-state index contributed by atoms with van der Waals surface area (Å²) in [7, 11) is 0. The number of nitrogens with one attached hydrogen (secondary N) is 1. The van der Waals surface area contributed by atoms with Gasteiger partial charge in [0.2, 0.25) is 0 Å². The second-order valence-electron chi connectivity index (χ2n) is 4.47. The van der Waals surface area contributed by atoms with E-state index in [0.29, 0.717) is 0 Å². The van der Waals surface area contributed by atoms with Crippen molar-refractivity contribution in [1.82, 2.24) is 0 Å². The van der Waals surface area contributed by atoms with Gasteiger partial charge < -0.3 is 10.4 Å². The minimum Gasteiger partial charge on any atom is -0.478 e. The summed E-state index contributed by atoms with van der Waals surface area (Å²) in [5.41, 5.74) is 0.185. The molecule has 0 heterocycles. The third kappa shape index (κ3) is 3.19. The number of rotatable bonds is 5. The standard InChI is InChI=1S/C12H16N2O4/c1-7(2)8(3)13-11-6-9(14(17)18)4-5-10(11)12(15)16/h4-8,13H,1-3H3,(H,15,16). The quantitative estimate of drug-likeness (QED) is 0.620. The first kappa shape index (κ1) is 14.0.